The summed E-state index contributed by atoms with van der Waals surface area (Å²) >= 11 is 0. The second-order valence-corrected chi connectivity index (χ2v) is 9.22. The Morgan fingerprint density at radius 3 is 2.21 bits per heavy atom. The molecule has 0 amide bonds. The third-order valence-electron chi connectivity index (χ3n) is 3.86. The Bertz CT molecular complexity index is 872. The largest absolute Gasteiger partial charge is 0.393 e. The number of nitrogens with two attached hydrogens (primary N) is 2. The first kappa shape index (κ1) is 18.6. The van der Waals surface area contributed by atoms with Gasteiger partial charge in [-0.25, -0.2) is 22.0 Å². The first-order chi connectivity index (χ1) is 10.9. The number of aliphatic hydroxyl groups is 1. The molecule has 0 bridgehead atoms. The van der Waals surface area contributed by atoms with Crippen LogP contribution in [0.25, 0.3) is 0 Å². The van der Waals surface area contributed by atoms with Crippen molar-refractivity contribution in [3.63, 3.8) is 0 Å². The average molecular weight is 376 g/mol. The number of nitrogens with zero attached hydrogens (tertiary/aromatic N) is 1. The summed E-state index contributed by atoms with van der Waals surface area (Å²) in [5.41, 5.74) is 5.64. The van der Waals surface area contributed by atoms with Crippen LogP contribution in [0.5, 0.6) is 0 Å². The summed E-state index contributed by atoms with van der Waals surface area (Å²) in [6.45, 7) is 0.841. The molecule has 0 saturated carbocycles. The third-order valence-corrected chi connectivity index (χ3v) is 6.12. The van der Waals surface area contributed by atoms with Crippen molar-refractivity contribution >= 4 is 31.4 Å². The number of aliphatic hydroxyl groups excluding tert-OH is 1. The summed E-state index contributed by atoms with van der Waals surface area (Å²) < 4.78 is 47.9. The number of hydrogen-bond acceptors (Lipinski definition) is 7. The molecule has 0 spiro atoms. The van der Waals surface area contributed by atoms with Crippen LogP contribution in [-0.2, 0) is 19.9 Å². The number of primary sulfonamides is 1. The molecule has 1 aliphatic rings. The van der Waals surface area contributed by atoms with Crippen molar-refractivity contribution in [1.29, 1.82) is 5.41 Å². The fourth-order valence-electron chi connectivity index (χ4n) is 2.76. The number of benzene rings is 1. The monoisotopic (exact) mass is 376 g/mol. The van der Waals surface area contributed by atoms with Gasteiger partial charge in [-0.15, -0.1) is 0 Å². The Morgan fingerprint density at radius 2 is 1.79 bits per heavy atom. The highest BCUT2D eigenvalue weighted by Gasteiger charge is 2.31. The van der Waals surface area contributed by atoms with E-state index in [2.05, 4.69) is 0 Å². The molecule has 1 aromatic carbocycles. The summed E-state index contributed by atoms with van der Waals surface area (Å²) in [5.74, 6) is -0.592. The van der Waals surface area contributed by atoms with Crippen LogP contribution in [0, 0.1) is 5.41 Å². The number of nitrogen functional groups attached to an aromatic ring is 1. The molecule has 0 radical (unpaired) electrons. The normalized spacial score (nSPS) is 17.0. The van der Waals surface area contributed by atoms with Crippen LogP contribution in [0.15, 0.2) is 21.9 Å². The highest BCUT2D eigenvalue weighted by atomic mass is 32.2. The Balaban J connectivity index is 2.78. The van der Waals surface area contributed by atoms with Crippen LogP contribution in [0.1, 0.15) is 18.4 Å². The molecule has 0 atom stereocenters. The molecule has 1 saturated heterocycles. The molecule has 0 aliphatic carbocycles. The zero-order valence-electron chi connectivity index (χ0n) is 13.1. The fraction of sp³-hybridized carbons (Fsp3) is 0.462. The van der Waals surface area contributed by atoms with E-state index in [1.807, 2.05) is 0 Å². The van der Waals surface area contributed by atoms with E-state index >= 15 is 0 Å². The lowest BCUT2D eigenvalue weighted by Crippen LogP contribution is -2.37. The Hall–Kier alpha value is -1.69. The van der Waals surface area contributed by atoms with Gasteiger partial charge in [0.2, 0.25) is 10.0 Å². The van der Waals surface area contributed by atoms with Gasteiger partial charge >= 0.3 is 0 Å². The van der Waals surface area contributed by atoms with Crippen molar-refractivity contribution in [2.75, 3.05) is 24.2 Å². The Morgan fingerprint density at radius 1 is 1.25 bits per heavy atom. The molecule has 134 valence electrons. The molecule has 0 aromatic heterocycles. The smallest absolute Gasteiger partial charge is 0.240 e. The summed E-state index contributed by atoms with van der Waals surface area (Å²) in [7, 11) is -8.34. The summed E-state index contributed by atoms with van der Waals surface area (Å²) in [4.78, 5) is 0.599. The van der Waals surface area contributed by atoms with Crippen molar-refractivity contribution in [2.45, 2.75) is 28.7 Å². The summed E-state index contributed by atoms with van der Waals surface area (Å²) in [6, 6.07) is 2.57. The lowest BCUT2D eigenvalue weighted by molar-refractivity contribution is 0.145. The minimum atomic E-state index is -4.44. The highest BCUT2D eigenvalue weighted by molar-refractivity contribution is 7.93. The van der Waals surface area contributed by atoms with Gasteiger partial charge in [-0.1, -0.05) is 0 Å². The molecule has 6 N–H and O–H groups in total. The lowest BCUT2D eigenvalue weighted by atomic mass is 10.0. The number of nitrogens with one attached hydrogen (secondary N) is 1. The SMILES string of the molecule is CS(=O)(=O)c1ccc(N2CCC(O)CC2)c(C(=N)N)c1S(N)(=O)=O. The minimum Gasteiger partial charge on any atom is -0.393 e. The molecule has 1 heterocycles. The van der Waals surface area contributed by atoms with E-state index in [9.17, 15) is 21.9 Å². The van der Waals surface area contributed by atoms with Crippen molar-refractivity contribution in [2.24, 2.45) is 10.9 Å². The first-order valence-corrected chi connectivity index (χ1v) is 10.5. The first-order valence-electron chi connectivity index (χ1n) is 7.10. The van der Waals surface area contributed by atoms with Gasteiger partial charge in [0.15, 0.2) is 9.84 Å². The van der Waals surface area contributed by atoms with Gasteiger partial charge < -0.3 is 15.7 Å². The quantitative estimate of drug-likeness (QED) is 0.385. The molecule has 2 rings (SSSR count). The van der Waals surface area contributed by atoms with Crippen molar-refractivity contribution < 1.29 is 21.9 Å². The van der Waals surface area contributed by atoms with Crippen LogP contribution in [0.2, 0.25) is 0 Å². The molecule has 24 heavy (non-hydrogen) atoms. The second-order valence-electron chi connectivity index (χ2n) is 5.74. The van der Waals surface area contributed by atoms with E-state index in [-0.39, 0.29) is 5.56 Å². The Labute approximate surface area is 140 Å². The van der Waals surface area contributed by atoms with Gasteiger partial charge in [-0.2, -0.15) is 0 Å². The van der Waals surface area contributed by atoms with Gasteiger partial charge in [0.05, 0.1) is 16.6 Å². The zero-order chi connectivity index (χ0) is 18.3. The molecule has 1 aromatic rings. The standard InChI is InChI=1S/C13H20N4O5S2/c1-23(19,20)10-3-2-9(17-6-4-8(18)5-7-17)11(13(14)15)12(10)24(16,21)22/h2-3,8,18H,4-7H2,1H3,(H3,14,15)(H2,16,21,22). The summed E-state index contributed by atoms with van der Waals surface area (Å²) in [5, 5.41) is 22.6. The number of piperidine rings is 1. The van der Waals surface area contributed by atoms with Crippen molar-refractivity contribution in [1.82, 2.24) is 0 Å². The predicted molar refractivity (Wildman–Crippen MR) is 89.4 cm³/mol. The van der Waals surface area contributed by atoms with Crippen LogP contribution in [0.3, 0.4) is 0 Å². The molecule has 1 aliphatic heterocycles. The predicted octanol–water partition coefficient (Wildman–Crippen LogP) is -1.02. The maximum atomic E-state index is 12.0. The molecule has 9 nitrogen and oxygen atoms in total. The van der Waals surface area contributed by atoms with E-state index in [1.54, 1.807) is 4.90 Å². The number of anilines is 1. The van der Waals surface area contributed by atoms with Crippen LogP contribution in [-0.4, -0.2) is 53.2 Å². The summed E-state index contributed by atoms with van der Waals surface area (Å²) in [6.07, 6.45) is 1.35. The van der Waals surface area contributed by atoms with Crippen LogP contribution >= 0.6 is 0 Å². The van der Waals surface area contributed by atoms with Crippen LogP contribution < -0.4 is 15.8 Å². The van der Waals surface area contributed by atoms with Gasteiger partial charge in [-0.05, 0) is 25.0 Å². The topological polar surface area (TPSA) is 168 Å². The maximum absolute atomic E-state index is 12.0. The number of rotatable bonds is 4. The number of hydrogen-bond donors (Lipinski definition) is 4. The lowest BCUT2D eigenvalue weighted by Gasteiger charge is -2.33. The molecule has 0 unspecified atom stereocenters. The van der Waals surface area contributed by atoms with E-state index in [0.717, 1.165) is 12.3 Å². The van der Waals surface area contributed by atoms with Gasteiger partial charge in [0.25, 0.3) is 0 Å². The average Bonchev–Trinajstić information content (AvgIpc) is 2.44. The minimum absolute atomic E-state index is 0.225. The number of amidine groups is 1. The third kappa shape index (κ3) is 3.69. The highest BCUT2D eigenvalue weighted by Crippen LogP contribution is 2.33. The van der Waals surface area contributed by atoms with Crippen LogP contribution in [0.4, 0.5) is 5.69 Å². The fourth-order valence-corrected chi connectivity index (χ4v) is 5.16. The van der Waals surface area contributed by atoms with Gasteiger partial charge in [0.1, 0.15) is 10.7 Å². The zero-order valence-corrected chi connectivity index (χ0v) is 14.7. The molecular formula is C13H20N4O5S2. The van der Waals surface area contributed by atoms with E-state index in [4.69, 9.17) is 16.3 Å². The van der Waals surface area contributed by atoms with E-state index in [1.165, 1.54) is 6.07 Å². The molecule has 1 fully saturated rings. The van der Waals surface area contributed by atoms with Gasteiger partial charge in [0, 0.05) is 25.0 Å². The maximum Gasteiger partial charge on any atom is 0.240 e. The number of sulfonamides is 1. The Kier molecular flexibility index (Phi) is 4.91. The molecular weight excluding hydrogens is 356 g/mol. The van der Waals surface area contributed by atoms with Gasteiger partial charge in [-0.3, -0.25) is 5.41 Å². The van der Waals surface area contributed by atoms with Crippen molar-refractivity contribution in [3.05, 3.63) is 17.7 Å². The van der Waals surface area contributed by atoms with E-state index in [0.29, 0.717) is 31.6 Å². The second kappa shape index (κ2) is 6.31. The number of sulfone groups is 1. The molecule has 11 heteroatoms. The van der Waals surface area contributed by atoms with Crippen molar-refractivity contribution in [3.8, 4) is 0 Å². The van der Waals surface area contributed by atoms with E-state index < -0.39 is 41.6 Å².